The van der Waals surface area contributed by atoms with Crippen molar-refractivity contribution in [3.8, 4) is 0 Å². The number of hydrogen-bond donors (Lipinski definition) is 1. The van der Waals surface area contributed by atoms with Gasteiger partial charge in [0, 0.05) is 19.0 Å². The summed E-state index contributed by atoms with van der Waals surface area (Å²) in [6, 6.07) is 7.49. The van der Waals surface area contributed by atoms with E-state index in [1.807, 2.05) is 0 Å². The molecule has 1 saturated carbocycles. The third-order valence-corrected chi connectivity index (χ3v) is 5.45. The van der Waals surface area contributed by atoms with Gasteiger partial charge in [-0.1, -0.05) is 23.4 Å². The average Bonchev–Trinajstić information content (AvgIpc) is 3.21. The first kappa shape index (κ1) is 11.9. The van der Waals surface area contributed by atoms with Crippen molar-refractivity contribution in [3.63, 3.8) is 0 Å². The second-order valence-electron chi connectivity index (χ2n) is 6.92. The Labute approximate surface area is 123 Å². The molecule has 0 unspecified atom stereocenters. The number of rotatable bonds is 3. The third-order valence-electron chi connectivity index (χ3n) is 5.45. The van der Waals surface area contributed by atoms with Crippen LogP contribution in [0.1, 0.15) is 47.7 Å². The molecule has 2 aliphatic heterocycles. The van der Waals surface area contributed by atoms with Crippen molar-refractivity contribution in [1.29, 1.82) is 0 Å². The fraction of sp³-hybridized carbons (Fsp3) is 0.529. The second kappa shape index (κ2) is 4.17. The van der Waals surface area contributed by atoms with E-state index in [1.54, 1.807) is 0 Å². The Balaban J connectivity index is 1.38. The molecule has 0 spiro atoms. The van der Waals surface area contributed by atoms with Crippen molar-refractivity contribution in [2.24, 2.45) is 0 Å². The lowest BCUT2D eigenvalue weighted by Gasteiger charge is -2.32. The van der Waals surface area contributed by atoms with Crippen molar-refractivity contribution in [3.05, 3.63) is 46.6 Å². The van der Waals surface area contributed by atoms with Crippen LogP contribution in [-0.2, 0) is 24.7 Å². The summed E-state index contributed by atoms with van der Waals surface area (Å²) >= 11 is 0. The summed E-state index contributed by atoms with van der Waals surface area (Å²) in [5, 5.41) is 7.70. The number of nitrogens with one attached hydrogen (secondary N) is 1. The molecule has 21 heavy (non-hydrogen) atoms. The minimum absolute atomic E-state index is 0.147. The quantitative estimate of drug-likeness (QED) is 0.936. The summed E-state index contributed by atoms with van der Waals surface area (Å²) in [6.07, 6.45) is 6.85. The summed E-state index contributed by atoms with van der Waals surface area (Å²) in [5.74, 6) is 1.67. The standard InChI is InChI=1S/C17H19N3O/c1-2-12-5-4-11(6-13(12)3-1)7-15-19-16(21-20-15)17-8-14(9-17)18-10-17/h4-6,14,18H,1-3,7-10H2. The molecule has 1 N–H and O–H groups in total. The molecule has 3 fully saturated rings. The second-order valence-corrected chi connectivity index (χ2v) is 6.92. The number of aryl methyl sites for hydroxylation is 2. The van der Waals surface area contributed by atoms with Crippen LogP contribution < -0.4 is 5.32 Å². The van der Waals surface area contributed by atoms with Gasteiger partial charge in [0.25, 0.3) is 0 Å². The smallest absolute Gasteiger partial charge is 0.234 e. The fourth-order valence-corrected chi connectivity index (χ4v) is 4.22. The summed E-state index contributed by atoms with van der Waals surface area (Å²) in [4.78, 5) is 4.67. The Bertz CT molecular complexity index is 694. The number of nitrogens with zero attached hydrogens (tertiary/aromatic N) is 2. The fourth-order valence-electron chi connectivity index (χ4n) is 4.22. The molecule has 1 aromatic carbocycles. The number of hydrogen-bond acceptors (Lipinski definition) is 4. The Morgan fingerprint density at radius 3 is 3.00 bits per heavy atom. The van der Waals surface area contributed by atoms with Crippen LogP contribution >= 0.6 is 0 Å². The zero-order valence-electron chi connectivity index (χ0n) is 12.1. The molecule has 2 saturated heterocycles. The first-order valence-corrected chi connectivity index (χ1v) is 7.98. The SMILES string of the molecule is c1cc2c(cc1Cc1noc(C34CNC(C3)C4)n1)CCC2. The van der Waals surface area contributed by atoms with Gasteiger partial charge in [-0.25, -0.2) is 0 Å². The largest absolute Gasteiger partial charge is 0.339 e. The Morgan fingerprint density at radius 1 is 1.24 bits per heavy atom. The summed E-state index contributed by atoms with van der Waals surface area (Å²) < 4.78 is 5.55. The molecule has 6 rings (SSSR count). The summed E-state index contributed by atoms with van der Waals surface area (Å²) in [6.45, 7) is 0.998. The normalized spacial score (nSPS) is 29.4. The maximum atomic E-state index is 5.55. The molecule has 0 atom stereocenters. The molecule has 4 aliphatic rings. The highest BCUT2D eigenvalue weighted by atomic mass is 16.5. The molecule has 4 nitrogen and oxygen atoms in total. The zero-order valence-corrected chi connectivity index (χ0v) is 12.1. The van der Waals surface area contributed by atoms with Crippen molar-refractivity contribution in [2.45, 2.75) is 50.0 Å². The van der Waals surface area contributed by atoms with Gasteiger partial charge in [-0.15, -0.1) is 0 Å². The molecule has 4 heteroatoms. The minimum Gasteiger partial charge on any atom is -0.339 e. The first-order valence-electron chi connectivity index (χ1n) is 7.98. The van der Waals surface area contributed by atoms with E-state index >= 15 is 0 Å². The van der Waals surface area contributed by atoms with Gasteiger partial charge in [0.1, 0.15) is 0 Å². The summed E-state index contributed by atoms with van der Waals surface area (Å²) in [7, 11) is 0. The van der Waals surface area contributed by atoms with E-state index in [9.17, 15) is 0 Å². The van der Waals surface area contributed by atoms with Crippen LogP contribution in [0.4, 0.5) is 0 Å². The monoisotopic (exact) mass is 281 g/mol. The molecule has 108 valence electrons. The Hall–Kier alpha value is -1.68. The van der Waals surface area contributed by atoms with Gasteiger partial charge in [-0.2, -0.15) is 4.98 Å². The van der Waals surface area contributed by atoms with Gasteiger partial charge in [-0.3, -0.25) is 0 Å². The lowest BCUT2D eigenvalue weighted by Crippen LogP contribution is -2.37. The van der Waals surface area contributed by atoms with E-state index in [-0.39, 0.29) is 5.41 Å². The van der Waals surface area contributed by atoms with Gasteiger partial charge >= 0.3 is 0 Å². The van der Waals surface area contributed by atoms with Crippen molar-refractivity contribution in [2.75, 3.05) is 6.54 Å². The van der Waals surface area contributed by atoms with Crippen LogP contribution in [0, 0.1) is 0 Å². The molecule has 3 heterocycles. The predicted octanol–water partition coefficient (Wildman–Crippen LogP) is 2.15. The van der Waals surface area contributed by atoms with Crippen LogP contribution in [0.2, 0.25) is 0 Å². The van der Waals surface area contributed by atoms with Gasteiger partial charge in [0.05, 0.1) is 5.41 Å². The number of aromatic nitrogens is 2. The minimum atomic E-state index is 0.147. The zero-order chi connectivity index (χ0) is 13.9. The van der Waals surface area contributed by atoms with Crippen LogP contribution in [0.5, 0.6) is 0 Å². The van der Waals surface area contributed by atoms with Gasteiger partial charge < -0.3 is 9.84 Å². The van der Waals surface area contributed by atoms with Crippen LogP contribution in [-0.4, -0.2) is 22.7 Å². The molecular formula is C17H19N3O. The van der Waals surface area contributed by atoms with Crippen LogP contribution in [0.25, 0.3) is 0 Å². The molecule has 0 amide bonds. The first-order chi connectivity index (χ1) is 10.3. The van der Waals surface area contributed by atoms with Gasteiger partial charge in [0.2, 0.25) is 5.89 Å². The summed E-state index contributed by atoms with van der Waals surface area (Å²) in [5.41, 5.74) is 4.48. The van der Waals surface area contributed by atoms with E-state index in [4.69, 9.17) is 4.52 Å². The molecule has 2 aromatic rings. The van der Waals surface area contributed by atoms with Crippen LogP contribution in [0.3, 0.4) is 0 Å². The molecular weight excluding hydrogens is 262 g/mol. The van der Waals surface area contributed by atoms with Crippen molar-refractivity contribution < 1.29 is 4.52 Å². The molecule has 1 aromatic heterocycles. The highest BCUT2D eigenvalue weighted by Gasteiger charge is 2.55. The predicted molar refractivity (Wildman–Crippen MR) is 78.3 cm³/mol. The third kappa shape index (κ3) is 1.78. The van der Waals surface area contributed by atoms with Gasteiger partial charge in [-0.05, 0) is 48.8 Å². The van der Waals surface area contributed by atoms with Crippen molar-refractivity contribution >= 4 is 0 Å². The molecule has 2 bridgehead atoms. The van der Waals surface area contributed by atoms with Crippen molar-refractivity contribution in [1.82, 2.24) is 15.5 Å². The maximum Gasteiger partial charge on any atom is 0.234 e. The van der Waals surface area contributed by atoms with E-state index < -0.39 is 0 Å². The van der Waals surface area contributed by atoms with E-state index in [2.05, 4.69) is 33.7 Å². The Morgan fingerprint density at radius 2 is 2.14 bits per heavy atom. The van der Waals surface area contributed by atoms with E-state index in [0.29, 0.717) is 6.04 Å². The lowest BCUT2D eigenvalue weighted by atomic mass is 9.70. The van der Waals surface area contributed by atoms with Crippen LogP contribution in [0.15, 0.2) is 22.7 Å². The Kier molecular flexibility index (Phi) is 2.37. The van der Waals surface area contributed by atoms with E-state index in [0.717, 1.165) is 37.5 Å². The maximum absolute atomic E-state index is 5.55. The molecule has 0 radical (unpaired) electrons. The highest BCUT2D eigenvalue weighted by Crippen LogP contribution is 2.47. The van der Waals surface area contributed by atoms with Gasteiger partial charge in [0.15, 0.2) is 5.82 Å². The average molecular weight is 281 g/mol. The number of benzene rings is 1. The molecule has 2 aliphatic carbocycles. The highest BCUT2D eigenvalue weighted by molar-refractivity contribution is 5.36. The lowest BCUT2D eigenvalue weighted by molar-refractivity contribution is 0.219. The topological polar surface area (TPSA) is 51.0 Å². The van der Waals surface area contributed by atoms with E-state index in [1.165, 1.54) is 36.0 Å². The number of fused-ring (bicyclic) bond motifs is 2.